The number of aromatic nitrogens is 1. The van der Waals surface area contributed by atoms with Crippen LogP contribution in [0.15, 0.2) is 35.8 Å². The molecule has 1 N–H and O–H groups in total. The van der Waals surface area contributed by atoms with Crippen molar-refractivity contribution in [3.63, 3.8) is 0 Å². The maximum atomic E-state index is 4.53. The lowest BCUT2D eigenvalue weighted by Gasteiger charge is -2.20. The Balaban J connectivity index is 1.74. The van der Waals surface area contributed by atoms with E-state index in [0.717, 1.165) is 31.1 Å². The summed E-state index contributed by atoms with van der Waals surface area (Å²) in [6.45, 7) is 3.14. The van der Waals surface area contributed by atoms with E-state index in [1.54, 1.807) is 11.3 Å². The van der Waals surface area contributed by atoms with Gasteiger partial charge in [-0.1, -0.05) is 6.07 Å². The van der Waals surface area contributed by atoms with Crippen LogP contribution in [0.3, 0.4) is 0 Å². The van der Waals surface area contributed by atoms with Crippen LogP contribution in [0.5, 0.6) is 0 Å². The lowest BCUT2D eigenvalue weighted by molar-refractivity contribution is 0.935. The molecule has 3 nitrogen and oxygen atoms in total. The summed E-state index contributed by atoms with van der Waals surface area (Å²) in [5.74, 6) is 1.10. The van der Waals surface area contributed by atoms with Crippen LogP contribution < -0.4 is 10.2 Å². The van der Waals surface area contributed by atoms with E-state index in [0.29, 0.717) is 0 Å². The Morgan fingerprint density at radius 3 is 2.89 bits per heavy atom. The Hall–Kier alpha value is -1.55. The van der Waals surface area contributed by atoms with Crippen LogP contribution in [-0.4, -0.2) is 18.1 Å². The Bertz CT molecular complexity index is 490. The van der Waals surface area contributed by atoms with Crippen molar-refractivity contribution in [3.8, 4) is 0 Å². The highest BCUT2D eigenvalue weighted by molar-refractivity contribution is 7.09. The number of anilines is 2. The van der Waals surface area contributed by atoms with Gasteiger partial charge in [-0.3, -0.25) is 0 Å². The quantitative estimate of drug-likeness (QED) is 0.912. The second-order valence-electron chi connectivity index (χ2n) is 4.50. The lowest BCUT2D eigenvalue weighted by Crippen LogP contribution is -2.20. The van der Waals surface area contributed by atoms with Crippen molar-refractivity contribution in [1.29, 1.82) is 0 Å². The van der Waals surface area contributed by atoms with Gasteiger partial charge < -0.3 is 10.2 Å². The molecule has 0 atom stereocenters. The summed E-state index contributed by atoms with van der Waals surface area (Å²) in [7, 11) is 0. The highest BCUT2D eigenvalue weighted by atomic mass is 32.1. The first-order valence-electron chi connectivity index (χ1n) is 6.40. The maximum Gasteiger partial charge on any atom is 0.151 e. The Labute approximate surface area is 111 Å². The molecule has 0 bridgehead atoms. The molecule has 4 heteroatoms. The van der Waals surface area contributed by atoms with E-state index in [1.807, 2.05) is 12.3 Å². The third-order valence-corrected chi connectivity index (χ3v) is 4.10. The molecule has 0 aliphatic carbocycles. The van der Waals surface area contributed by atoms with Gasteiger partial charge in [-0.2, -0.15) is 0 Å². The molecule has 0 unspecified atom stereocenters. The first-order valence-corrected chi connectivity index (χ1v) is 7.28. The third-order valence-electron chi connectivity index (χ3n) is 3.23. The molecule has 0 aromatic carbocycles. The van der Waals surface area contributed by atoms with E-state index >= 15 is 0 Å². The average molecular weight is 259 g/mol. The molecule has 2 aromatic rings. The van der Waals surface area contributed by atoms with Gasteiger partial charge in [-0.15, -0.1) is 11.3 Å². The van der Waals surface area contributed by atoms with Crippen molar-refractivity contribution in [3.05, 3.63) is 40.7 Å². The molecule has 0 spiro atoms. The fraction of sp³-hybridized carbons (Fsp3) is 0.357. The Morgan fingerprint density at radius 1 is 1.22 bits per heavy atom. The van der Waals surface area contributed by atoms with E-state index in [9.17, 15) is 0 Å². The largest absolute Gasteiger partial charge is 0.377 e. The number of pyridine rings is 1. The molecule has 3 heterocycles. The predicted octanol–water partition coefficient (Wildman–Crippen LogP) is 3.36. The van der Waals surface area contributed by atoms with Crippen LogP contribution in [0.4, 0.5) is 11.5 Å². The van der Waals surface area contributed by atoms with Crippen molar-refractivity contribution in [2.75, 3.05) is 23.3 Å². The van der Waals surface area contributed by atoms with Gasteiger partial charge in [0, 0.05) is 30.7 Å². The van der Waals surface area contributed by atoms with Gasteiger partial charge in [0.1, 0.15) is 0 Å². The van der Waals surface area contributed by atoms with Crippen molar-refractivity contribution in [1.82, 2.24) is 4.98 Å². The zero-order chi connectivity index (χ0) is 12.2. The van der Waals surface area contributed by atoms with Gasteiger partial charge in [-0.25, -0.2) is 4.98 Å². The van der Waals surface area contributed by atoms with Crippen LogP contribution >= 0.6 is 11.3 Å². The fourth-order valence-corrected chi connectivity index (χ4v) is 2.96. The number of nitrogens with zero attached hydrogens (tertiary/aromatic N) is 2. The standard InChI is InChI=1S/C14H17N3S/c1-2-9-17(8-1)14-13(6-3-7-15-14)16-11-12-5-4-10-18-12/h3-7,10,16H,1-2,8-9,11H2. The second kappa shape index (κ2) is 5.40. The predicted molar refractivity (Wildman–Crippen MR) is 77.3 cm³/mol. The summed E-state index contributed by atoms with van der Waals surface area (Å²) in [6.07, 6.45) is 4.44. The molecular formula is C14H17N3S. The van der Waals surface area contributed by atoms with Crippen LogP contribution in [0.25, 0.3) is 0 Å². The smallest absolute Gasteiger partial charge is 0.151 e. The highest BCUT2D eigenvalue weighted by Crippen LogP contribution is 2.26. The second-order valence-corrected chi connectivity index (χ2v) is 5.53. The zero-order valence-corrected chi connectivity index (χ0v) is 11.1. The highest BCUT2D eigenvalue weighted by Gasteiger charge is 2.16. The molecule has 2 aromatic heterocycles. The van der Waals surface area contributed by atoms with Gasteiger partial charge in [-0.05, 0) is 36.4 Å². The molecule has 0 saturated carbocycles. The molecule has 18 heavy (non-hydrogen) atoms. The molecule has 0 radical (unpaired) electrons. The maximum absolute atomic E-state index is 4.53. The summed E-state index contributed by atoms with van der Waals surface area (Å²) < 4.78 is 0. The van der Waals surface area contributed by atoms with Gasteiger partial charge in [0.15, 0.2) is 5.82 Å². The van der Waals surface area contributed by atoms with E-state index in [2.05, 4.69) is 38.8 Å². The van der Waals surface area contributed by atoms with Crippen molar-refractivity contribution in [2.24, 2.45) is 0 Å². The third kappa shape index (κ3) is 2.48. The van der Waals surface area contributed by atoms with E-state index in [1.165, 1.54) is 17.7 Å². The molecule has 0 amide bonds. The molecular weight excluding hydrogens is 242 g/mol. The van der Waals surface area contributed by atoms with Crippen LogP contribution in [0.1, 0.15) is 17.7 Å². The zero-order valence-electron chi connectivity index (χ0n) is 10.3. The van der Waals surface area contributed by atoms with Gasteiger partial charge in [0.05, 0.1) is 5.69 Å². The molecule has 1 aliphatic heterocycles. The number of hydrogen-bond acceptors (Lipinski definition) is 4. The van der Waals surface area contributed by atoms with Crippen LogP contribution in [0, 0.1) is 0 Å². The van der Waals surface area contributed by atoms with Gasteiger partial charge in [0.2, 0.25) is 0 Å². The van der Waals surface area contributed by atoms with E-state index < -0.39 is 0 Å². The molecule has 94 valence electrons. The van der Waals surface area contributed by atoms with Gasteiger partial charge >= 0.3 is 0 Å². The van der Waals surface area contributed by atoms with Crippen LogP contribution in [0.2, 0.25) is 0 Å². The number of nitrogens with one attached hydrogen (secondary N) is 1. The van der Waals surface area contributed by atoms with E-state index in [4.69, 9.17) is 0 Å². The van der Waals surface area contributed by atoms with E-state index in [-0.39, 0.29) is 0 Å². The molecule has 1 fully saturated rings. The number of hydrogen-bond donors (Lipinski definition) is 1. The summed E-state index contributed by atoms with van der Waals surface area (Å²) in [4.78, 5) is 8.25. The van der Waals surface area contributed by atoms with Crippen molar-refractivity contribution in [2.45, 2.75) is 19.4 Å². The topological polar surface area (TPSA) is 28.2 Å². The summed E-state index contributed by atoms with van der Waals surface area (Å²) in [6, 6.07) is 8.36. The minimum atomic E-state index is 0.879. The average Bonchev–Trinajstić information content (AvgIpc) is 3.10. The monoisotopic (exact) mass is 259 g/mol. The summed E-state index contributed by atoms with van der Waals surface area (Å²) in [5, 5.41) is 5.61. The lowest BCUT2D eigenvalue weighted by atomic mass is 10.3. The fourth-order valence-electron chi connectivity index (χ4n) is 2.31. The summed E-state index contributed by atoms with van der Waals surface area (Å²) in [5.41, 5.74) is 1.15. The van der Waals surface area contributed by atoms with Crippen molar-refractivity contribution < 1.29 is 0 Å². The minimum absolute atomic E-state index is 0.879. The normalized spacial score (nSPS) is 15.0. The minimum Gasteiger partial charge on any atom is -0.377 e. The molecule has 1 saturated heterocycles. The van der Waals surface area contributed by atoms with Crippen LogP contribution in [-0.2, 0) is 6.54 Å². The first-order chi connectivity index (χ1) is 8.93. The Morgan fingerprint density at radius 2 is 2.11 bits per heavy atom. The number of rotatable bonds is 4. The van der Waals surface area contributed by atoms with Crippen molar-refractivity contribution >= 4 is 22.8 Å². The Kier molecular flexibility index (Phi) is 3.46. The summed E-state index contributed by atoms with van der Waals surface area (Å²) >= 11 is 1.78. The first kappa shape index (κ1) is 11.5. The number of thiophene rings is 1. The SMILES string of the molecule is c1csc(CNc2cccnc2N2CCCC2)c1. The van der Waals surface area contributed by atoms with Gasteiger partial charge in [0.25, 0.3) is 0 Å². The molecule has 3 rings (SSSR count). The molecule has 1 aliphatic rings.